The van der Waals surface area contributed by atoms with Crippen LogP contribution in [-0.4, -0.2) is 44.2 Å². The van der Waals surface area contributed by atoms with Crippen molar-refractivity contribution in [1.29, 1.82) is 0 Å². The van der Waals surface area contributed by atoms with Crippen LogP contribution in [0.3, 0.4) is 0 Å². The molecule has 1 aromatic carbocycles. The number of benzene rings is 1. The van der Waals surface area contributed by atoms with E-state index in [2.05, 4.69) is 0 Å². The molecule has 6 nitrogen and oxygen atoms in total. The van der Waals surface area contributed by atoms with Gasteiger partial charge in [0.2, 0.25) is 5.91 Å². The number of amides is 1. The quantitative estimate of drug-likeness (QED) is 0.635. The minimum atomic E-state index is -3.64. The lowest BCUT2D eigenvalue weighted by Crippen LogP contribution is -2.39. The van der Waals surface area contributed by atoms with Crippen LogP contribution in [0.4, 0.5) is 0 Å². The molecular formula is C17H27NO5S. The Morgan fingerprint density at radius 3 is 2.46 bits per heavy atom. The van der Waals surface area contributed by atoms with Gasteiger partial charge in [0.25, 0.3) is 0 Å². The largest absolute Gasteiger partial charge is 0.382 e. The minimum absolute atomic E-state index is 0.0161. The summed E-state index contributed by atoms with van der Waals surface area (Å²) in [6.07, 6.45) is 0.813. The van der Waals surface area contributed by atoms with E-state index in [9.17, 15) is 13.2 Å². The van der Waals surface area contributed by atoms with E-state index in [4.69, 9.17) is 8.92 Å². The van der Waals surface area contributed by atoms with Crippen LogP contribution in [-0.2, 0) is 26.2 Å². The zero-order valence-corrected chi connectivity index (χ0v) is 15.8. The molecule has 1 atom stereocenters. The van der Waals surface area contributed by atoms with Crippen molar-refractivity contribution in [3.8, 4) is 5.75 Å². The van der Waals surface area contributed by atoms with Gasteiger partial charge >= 0.3 is 10.1 Å². The van der Waals surface area contributed by atoms with Gasteiger partial charge in [0, 0.05) is 19.7 Å². The summed E-state index contributed by atoms with van der Waals surface area (Å²) in [4.78, 5) is 13.9. The van der Waals surface area contributed by atoms with Crippen LogP contribution in [0.25, 0.3) is 0 Å². The van der Waals surface area contributed by atoms with Gasteiger partial charge in [0.15, 0.2) is 0 Å². The van der Waals surface area contributed by atoms with Crippen LogP contribution in [0, 0.1) is 0 Å². The molecule has 0 aromatic heterocycles. The fraction of sp³-hybridized carbons (Fsp3) is 0.588. The molecule has 0 aliphatic rings. The maximum absolute atomic E-state index is 12.2. The Bertz CT molecular complexity index is 642. The van der Waals surface area contributed by atoms with Crippen LogP contribution in [0.1, 0.15) is 39.7 Å². The van der Waals surface area contributed by atoms with Crippen LogP contribution in [0.2, 0.25) is 0 Å². The Kier molecular flexibility index (Phi) is 7.69. The van der Waals surface area contributed by atoms with Gasteiger partial charge in [-0.15, -0.1) is 0 Å². The maximum Gasteiger partial charge on any atom is 0.311 e. The summed E-state index contributed by atoms with van der Waals surface area (Å²) < 4.78 is 33.8. The second-order valence-corrected chi connectivity index (χ2v) is 8.08. The van der Waals surface area contributed by atoms with E-state index in [0.29, 0.717) is 6.54 Å². The zero-order valence-electron chi connectivity index (χ0n) is 15.0. The van der Waals surface area contributed by atoms with E-state index in [0.717, 1.165) is 12.0 Å². The first-order chi connectivity index (χ1) is 11.2. The zero-order chi connectivity index (χ0) is 18.3. The molecule has 0 aliphatic carbocycles. The van der Waals surface area contributed by atoms with E-state index < -0.39 is 15.4 Å². The summed E-state index contributed by atoms with van der Waals surface area (Å²) in [5.41, 5.74) is 0.802. The maximum atomic E-state index is 12.2. The fourth-order valence-corrected chi connectivity index (χ4v) is 2.60. The number of methoxy groups -OCH3 is 1. The lowest BCUT2D eigenvalue weighted by atomic mass is 10.1. The highest BCUT2D eigenvalue weighted by Gasteiger charge is 2.21. The summed E-state index contributed by atoms with van der Waals surface area (Å²) in [6, 6.07) is 6.85. The molecular weight excluding hydrogens is 330 g/mol. The van der Waals surface area contributed by atoms with Crippen molar-refractivity contribution in [2.45, 2.75) is 52.0 Å². The molecule has 0 fully saturated rings. The second-order valence-electron chi connectivity index (χ2n) is 5.98. The van der Waals surface area contributed by atoms with Gasteiger partial charge < -0.3 is 13.8 Å². The molecule has 0 heterocycles. The van der Waals surface area contributed by atoms with E-state index in [1.165, 1.54) is 7.11 Å². The first-order valence-corrected chi connectivity index (χ1v) is 9.49. The van der Waals surface area contributed by atoms with Gasteiger partial charge in [-0.05, 0) is 44.9 Å². The van der Waals surface area contributed by atoms with Crippen molar-refractivity contribution >= 4 is 16.0 Å². The number of hydrogen-bond donors (Lipinski definition) is 0. The second kappa shape index (κ2) is 9.03. The Labute approximate surface area is 144 Å². The van der Waals surface area contributed by atoms with Crippen molar-refractivity contribution in [2.75, 3.05) is 13.7 Å². The topological polar surface area (TPSA) is 72.9 Å². The highest BCUT2D eigenvalue weighted by atomic mass is 32.2. The fourth-order valence-electron chi connectivity index (χ4n) is 2.04. The first-order valence-electron chi connectivity index (χ1n) is 8.01. The van der Waals surface area contributed by atoms with E-state index in [-0.39, 0.29) is 24.3 Å². The average Bonchev–Trinajstić information content (AvgIpc) is 2.51. The Morgan fingerprint density at radius 2 is 1.92 bits per heavy atom. The van der Waals surface area contributed by atoms with E-state index in [1.807, 2.05) is 19.9 Å². The van der Waals surface area contributed by atoms with E-state index in [1.54, 1.807) is 36.9 Å². The van der Waals surface area contributed by atoms with Crippen LogP contribution in [0.5, 0.6) is 5.75 Å². The molecule has 1 amide bonds. The van der Waals surface area contributed by atoms with Gasteiger partial charge in [0.1, 0.15) is 12.4 Å². The van der Waals surface area contributed by atoms with Crippen molar-refractivity contribution in [1.82, 2.24) is 4.90 Å². The predicted molar refractivity (Wildman–Crippen MR) is 93.3 cm³/mol. The van der Waals surface area contributed by atoms with Gasteiger partial charge in [-0.1, -0.05) is 19.1 Å². The minimum Gasteiger partial charge on any atom is -0.382 e. The molecule has 0 radical (unpaired) electrons. The van der Waals surface area contributed by atoms with Gasteiger partial charge in [0.05, 0.1) is 5.25 Å². The van der Waals surface area contributed by atoms with Gasteiger partial charge in [-0.25, -0.2) is 0 Å². The molecule has 24 heavy (non-hydrogen) atoms. The molecule has 0 unspecified atom stereocenters. The average molecular weight is 357 g/mol. The summed E-state index contributed by atoms with van der Waals surface area (Å²) in [7, 11) is -2.16. The number of carbonyl (C=O) groups is 1. The van der Waals surface area contributed by atoms with Crippen molar-refractivity contribution < 1.29 is 22.1 Å². The number of rotatable bonds is 9. The summed E-state index contributed by atoms with van der Waals surface area (Å²) in [6.45, 7) is 7.49. The highest BCUT2D eigenvalue weighted by Crippen LogP contribution is 2.20. The van der Waals surface area contributed by atoms with Crippen LogP contribution in [0.15, 0.2) is 24.3 Å². The third kappa shape index (κ3) is 5.79. The molecule has 136 valence electrons. The third-order valence-corrected chi connectivity index (χ3v) is 5.33. The molecule has 0 saturated heterocycles. The van der Waals surface area contributed by atoms with Crippen LogP contribution < -0.4 is 4.18 Å². The molecule has 0 bridgehead atoms. The van der Waals surface area contributed by atoms with Crippen molar-refractivity contribution in [3.63, 3.8) is 0 Å². The van der Waals surface area contributed by atoms with Gasteiger partial charge in [-0.3, -0.25) is 4.79 Å². The summed E-state index contributed by atoms with van der Waals surface area (Å²) in [5, 5.41) is -0.624. The molecule has 1 aromatic rings. The molecule has 0 aliphatic heterocycles. The molecule has 0 saturated carbocycles. The normalized spacial score (nSPS) is 12.9. The Balaban J connectivity index is 2.97. The van der Waals surface area contributed by atoms with E-state index >= 15 is 0 Å². The Hall–Kier alpha value is -1.60. The number of carbonyl (C=O) groups excluding carboxylic acids is 1. The highest BCUT2D eigenvalue weighted by molar-refractivity contribution is 7.87. The first kappa shape index (κ1) is 20.4. The Morgan fingerprint density at radius 1 is 1.25 bits per heavy atom. The molecule has 1 rings (SSSR count). The standard InChI is InChI=1S/C17H27NO5S/c1-6-14(4)18(17(19)12-22-5)11-15-8-7-9-16(10-15)23-24(20,21)13(2)3/h7-10,13-14H,6,11-12H2,1-5H3/t14-/m1/s1. The predicted octanol–water partition coefficient (Wildman–Crippen LogP) is 2.58. The van der Waals surface area contributed by atoms with Gasteiger partial charge in [-0.2, -0.15) is 8.42 Å². The molecule has 7 heteroatoms. The number of nitrogens with zero attached hydrogens (tertiary/aromatic N) is 1. The number of ether oxygens (including phenoxy) is 1. The summed E-state index contributed by atoms with van der Waals surface area (Å²) >= 11 is 0. The van der Waals surface area contributed by atoms with Crippen molar-refractivity contribution in [2.24, 2.45) is 0 Å². The number of hydrogen-bond acceptors (Lipinski definition) is 5. The summed E-state index contributed by atoms with van der Waals surface area (Å²) in [5.74, 6) is 0.150. The van der Waals surface area contributed by atoms with Crippen molar-refractivity contribution in [3.05, 3.63) is 29.8 Å². The third-order valence-electron chi connectivity index (χ3n) is 3.75. The monoisotopic (exact) mass is 357 g/mol. The molecule has 0 spiro atoms. The smallest absolute Gasteiger partial charge is 0.311 e. The van der Waals surface area contributed by atoms with Crippen LogP contribution >= 0.6 is 0 Å². The molecule has 0 N–H and O–H groups in total. The lowest BCUT2D eigenvalue weighted by Gasteiger charge is -2.28. The lowest BCUT2D eigenvalue weighted by molar-refractivity contribution is -0.138. The SMILES string of the molecule is CC[C@@H](C)N(Cc1cccc(OS(=O)(=O)C(C)C)c1)C(=O)COC.